The van der Waals surface area contributed by atoms with Crippen molar-refractivity contribution in [2.75, 3.05) is 13.2 Å². The van der Waals surface area contributed by atoms with Gasteiger partial charge in [0, 0.05) is 16.6 Å². The Kier molecular flexibility index (Phi) is 17.4. The summed E-state index contributed by atoms with van der Waals surface area (Å²) in [5.74, 6) is -1.87. The Morgan fingerprint density at radius 2 is 1.04 bits per heavy atom. The minimum absolute atomic E-state index is 0.116. The molecular formula is C17H32O6. The van der Waals surface area contributed by atoms with Crippen LogP contribution in [0.4, 0.5) is 0 Å². The van der Waals surface area contributed by atoms with Gasteiger partial charge in [-0.2, -0.15) is 0 Å². The first kappa shape index (κ1) is 26.2. The Balaban J connectivity index is -0.000000284. The lowest BCUT2D eigenvalue weighted by atomic mass is 9.81. The summed E-state index contributed by atoms with van der Waals surface area (Å²) < 4.78 is 0. The third-order valence-electron chi connectivity index (χ3n) is 2.96. The van der Waals surface area contributed by atoms with Crippen LogP contribution in [0, 0.1) is 5.41 Å². The van der Waals surface area contributed by atoms with Gasteiger partial charge in [0.15, 0.2) is 0 Å². The van der Waals surface area contributed by atoms with Gasteiger partial charge >= 0.3 is 11.9 Å². The smallest absolute Gasteiger partial charge is 0.330 e. The SMILES string of the molecule is C=C(C)C(=O)O.C=C(C)C(=O)O.CCCC(CO)(CO)CCC. The number of hydrogen-bond donors (Lipinski definition) is 4. The van der Waals surface area contributed by atoms with Crippen LogP contribution in [0.1, 0.15) is 53.4 Å². The molecule has 0 aromatic heterocycles. The molecule has 4 N–H and O–H groups in total. The van der Waals surface area contributed by atoms with Gasteiger partial charge in [0.2, 0.25) is 0 Å². The van der Waals surface area contributed by atoms with Crippen LogP contribution in [0.15, 0.2) is 24.3 Å². The third kappa shape index (κ3) is 16.5. The Labute approximate surface area is 139 Å². The van der Waals surface area contributed by atoms with Crippen molar-refractivity contribution in [2.24, 2.45) is 5.41 Å². The summed E-state index contributed by atoms with van der Waals surface area (Å²) in [5, 5.41) is 33.9. The molecule has 0 fully saturated rings. The van der Waals surface area contributed by atoms with Gasteiger partial charge in [0.25, 0.3) is 0 Å². The van der Waals surface area contributed by atoms with Crippen LogP contribution < -0.4 is 0 Å². The van der Waals surface area contributed by atoms with Gasteiger partial charge in [-0.15, -0.1) is 0 Å². The second-order valence-electron chi connectivity index (χ2n) is 5.49. The molecule has 0 radical (unpaired) electrons. The zero-order valence-electron chi connectivity index (χ0n) is 14.8. The number of hydrogen-bond acceptors (Lipinski definition) is 4. The van der Waals surface area contributed by atoms with Gasteiger partial charge in [-0.05, 0) is 26.7 Å². The zero-order chi connectivity index (χ0) is 19.1. The van der Waals surface area contributed by atoms with E-state index in [-0.39, 0.29) is 29.8 Å². The van der Waals surface area contributed by atoms with E-state index in [0.29, 0.717) is 0 Å². The van der Waals surface area contributed by atoms with Crippen molar-refractivity contribution in [1.29, 1.82) is 0 Å². The average molecular weight is 332 g/mol. The van der Waals surface area contributed by atoms with Crippen molar-refractivity contribution in [2.45, 2.75) is 53.4 Å². The summed E-state index contributed by atoms with van der Waals surface area (Å²) in [7, 11) is 0. The molecule has 136 valence electrons. The molecule has 0 atom stereocenters. The van der Waals surface area contributed by atoms with E-state index < -0.39 is 11.9 Å². The first-order valence-corrected chi connectivity index (χ1v) is 7.52. The molecule has 0 aromatic rings. The van der Waals surface area contributed by atoms with Crippen molar-refractivity contribution < 1.29 is 30.0 Å². The topological polar surface area (TPSA) is 115 Å². The molecule has 0 bridgehead atoms. The number of rotatable bonds is 8. The van der Waals surface area contributed by atoms with Gasteiger partial charge in [-0.1, -0.05) is 39.8 Å². The van der Waals surface area contributed by atoms with E-state index in [1.165, 1.54) is 13.8 Å². The minimum Gasteiger partial charge on any atom is -0.478 e. The quantitative estimate of drug-likeness (QED) is 0.508. The number of aliphatic hydroxyl groups is 2. The predicted molar refractivity (Wildman–Crippen MR) is 91.3 cm³/mol. The summed E-state index contributed by atoms with van der Waals surface area (Å²) in [4.78, 5) is 19.2. The largest absolute Gasteiger partial charge is 0.478 e. The second-order valence-corrected chi connectivity index (χ2v) is 5.49. The van der Waals surface area contributed by atoms with E-state index >= 15 is 0 Å². The Hall–Kier alpha value is -1.66. The van der Waals surface area contributed by atoms with Crippen LogP contribution in [0.2, 0.25) is 0 Å². The molecule has 0 amide bonds. The third-order valence-corrected chi connectivity index (χ3v) is 2.96. The molecule has 6 nitrogen and oxygen atoms in total. The minimum atomic E-state index is -0.935. The zero-order valence-corrected chi connectivity index (χ0v) is 14.8. The van der Waals surface area contributed by atoms with Crippen LogP contribution in [-0.2, 0) is 9.59 Å². The fraction of sp³-hybridized carbons (Fsp3) is 0.647. The maximum Gasteiger partial charge on any atom is 0.330 e. The molecule has 0 spiro atoms. The molecule has 0 saturated carbocycles. The van der Waals surface area contributed by atoms with Crippen molar-refractivity contribution in [3.05, 3.63) is 24.3 Å². The highest BCUT2D eigenvalue weighted by atomic mass is 16.4. The van der Waals surface area contributed by atoms with Gasteiger partial charge in [0.05, 0.1) is 13.2 Å². The van der Waals surface area contributed by atoms with Gasteiger partial charge in [-0.3, -0.25) is 0 Å². The highest BCUT2D eigenvalue weighted by Gasteiger charge is 2.26. The highest BCUT2D eigenvalue weighted by molar-refractivity contribution is 5.85. The molecule has 23 heavy (non-hydrogen) atoms. The summed E-state index contributed by atoms with van der Waals surface area (Å²) in [6.45, 7) is 13.6. The first-order chi connectivity index (χ1) is 10.5. The standard InChI is InChI=1S/C9H20O2.2C4H6O2/c1-3-5-9(7-10,8-11)6-4-2;2*1-3(2)4(5)6/h10-11H,3-8H2,1-2H3;2*1H2,2H3,(H,5,6). The number of aliphatic carboxylic acids is 2. The molecule has 0 heterocycles. The van der Waals surface area contributed by atoms with E-state index in [4.69, 9.17) is 20.4 Å². The summed E-state index contributed by atoms with van der Waals surface area (Å²) in [6.07, 6.45) is 3.91. The van der Waals surface area contributed by atoms with Gasteiger partial charge in [-0.25, -0.2) is 9.59 Å². The van der Waals surface area contributed by atoms with Crippen molar-refractivity contribution in [1.82, 2.24) is 0 Å². The van der Waals surface area contributed by atoms with Crippen LogP contribution in [0.25, 0.3) is 0 Å². The fourth-order valence-corrected chi connectivity index (χ4v) is 1.55. The Morgan fingerprint density at radius 1 is 0.826 bits per heavy atom. The molecule has 0 saturated heterocycles. The van der Waals surface area contributed by atoms with E-state index in [1.54, 1.807) is 0 Å². The first-order valence-electron chi connectivity index (χ1n) is 7.52. The van der Waals surface area contributed by atoms with Crippen molar-refractivity contribution in [3.63, 3.8) is 0 Å². The fourth-order valence-electron chi connectivity index (χ4n) is 1.55. The lowest BCUT2D eigenvalue weighted by Gasteiger charge is -2.28. The summed E-state index contributed by atoms with van der Waals surface area (Å²) in [5.41, 5.74) is 0.147. The van der Waals surface area contributed by atoms with Crippen LogP contribution in [0.5, 0.6) is 0 Å². The highest BCUT2D eigenvalue weighted by Crippen LogP contribution is 2.28. The second kappa shape index (κ2) is 15.2. The summed E-state index contributed by atoms with van der Waals surface area (Å²) in [6, 6.07) is 0. The number of carboxylic acids is 2. The molecular weight excluding hydrogens is 300 g/mol. The Morgan fingerprint density at radius 3 is 1.13 bits per heavy atom. The van der Waals surface area contributed by atoms with Gasteiger partial charge in [0.1, 0.15) is 0 Å². The van der Waals surface area contributed by atoms with E-state index in [0.717, 1.165) is 25.7 Å². The van der Waals surface area contributed by atoms with Crippen molar-refractivity contribution in [3.8, 4) is 0 Å². The van der Waals surface area contributed by atoms with Crippen LogP contribution >= 0.6 is 0 Å². The van der Waals surface area contributed by atoms with Crippen LogP contribution in [-0.4, -0.2) is 45.6 Å². The van der Waals surface area contributed by atoms with Gasteiger partial charge < -0.3 is 20.4 Å². The maximum absolute atomic E-state index is 9.60. The molecule has 0 aromatic carbocycles. The lowest BCUT2D eigenvalue weighted by molar-refractivity contribution is -0.133. The molecule has 0 rings (SSSR count). The molecule has 0 aliphatic rings. The monoisotopic (exact) mass is 332 g/mol. The lowest BCUT2D eigenvalue weighted by Crippen LogP contribution is -2.29. The number of aliphatic hydroxyl groups excluding tert-OH is 2. The van der Waals surface area contributed by atoms with E-state index in [9.17, 15) is 9.59 Å². The maximum atomic E-state index is 9.60. The molecule has 6 heteroatoms. The van der Waals surface area contributed by atoms with Crippen LogP contribution in [0.3, 0.4) is 0 Å². The normalized spacial score (nSPS) is 9.65. The molecule has 0 aliphatic heterocycles. The van der Waals surface area contributed by atoms with E-state index in [2.05, 4.69) is 27.0 Å². The number of carbonyl (C=O) groups is 2. The number of carboxylic acid groups (broad SMARTS) is 2. The van der Waals surface area contributed by atoms with E-state index in [1.807, 2.05) is 0 Å². The van der Waals surface area contributed by atoms with Crippen molar-refractivity contribution >= 4 is 11.9 Å². The summed E-state index contributed by atoms with van der Waals surface area (Å²) >= 11 is 0. The average Bonchev–Trinajstić information content (AvgIpc) is 2.48. The Bertz CT molecular complexity index is 313. The predicted octanol–water partition coefficient (Wildman–Crippen LogP) is 2.85. The molecule has 0 aliphatic carbocycles. The molecule has 0 unspecified atom stereocenters.